The Balaban J connectivity index is 2.31. The molecule has 0 unspecified atom stereocenters. The minimum Gasteiger partial charge on any atom is -0.271 e. The van der Waals surface area contributed by atoms with Crippen molar-refractivity contribution in [2.75, 3.05) is 0 Å². The van der Waals surface area contributed by atoms with E-state index >= 15 is 0 Å². The minimum absolute atomic E-state index is 0.725. The number of hydrogen-bond acceptors (Lipinski definition) is 1. The molecule has 80 valence electrons. The van der Waals surface area contributed by atoms with E-state index in [1.807, 2.05) is 17.9 Å². The van der Waals surface area contributed by atoms with Gasteiger partial charge in [-0.15, -0.1) is 5.54 Å². The van der Waals surface area contributed by atoms with Gasteiger partial charge in [0, 0.05) is 13.0 Å². The molecule has 0 bridgehead atoms. The molecule has 1 aliphatic rings. The fourth-order valence-electron chi connectivity index (χ4n) is 1.64. The molecule has 3 heteroatoms. The topological polar surface area (TPSA) is 17.8 Å². The Morgan fingerprint density at radius 3 is 2.60 bits per heavy atom. The van der Waals surface area contributed by atoms with Gasteiger partial charge in [0.25, 0.3) is 0 Å². The molecule has 0 amide bonds. The highest BCUT2D eigenvalue weighted by molar-refractivity contribution is 6.83. The Labute approximate surface area is 92.7 Å². The van der Waals surface area contributed by atoms with Gasteiger partial charge in [-0.2, -0.15) is 5.10 Å². The standard InChI is InChI=1S/C12H18N2Si/c1-14-12(10-5-6-10)11(9-13-14)7-8-15(2,3)4/h9-10H,5-6H2,1-4H3. The molecule has 1 aromatic heterocycles. The fourth-order valence-corrected chi connectivity index (χ4v) is 2.15. The highest BCUT2D eigenvalue weighted by Crippen LogP contribution is 2.41. The van der Waals surface area contributed by atoms with Crippen molar-refractivity contribution in [3.05, 3.63) is 17.5 Å². The van der Waals surface area contributed by atoms with E-state index in [0.29, 0.717) is 0 Å². The molecule has 0 spiro atoms. The van der Waals surface area contributed by atoms with Crippen molar-refractivity contribution in [1.29, 1.82) is 0 Å². The SMILES string of the molecule is Cn1ncc(C#C[Si](C)(C)C)c1C1CC1. The zero-order valence-corrected chi connectivity index (χ0v) is 11.0. The van der Waals surface area contributed by atoms with Crippen LogP contribution in [-0.4, -0.2) is 17.9 Å². The average molecular weight is 218 g/mol. The minimum atomic E-state index is -1.27. The first kappa shape index (κ1) is 10.5. The summed E-state index contributed by atoms with van der Waals surface area (Å²) in [7, 11) is 0.755. The highest BCUT2D eigenvalue weighted by Gasteiger charge is 2.28. The predicted molar refractivity (Wildman–Crippen MR) is 65.4 cm³/mol. The summed E-state index contributed by atoms with van der Waals surface area (Å²) in [6, 6.07) is 0. The monoisotopic (exact) mass is 218 g/mol. The molecule has 2 nitrogen and oxygen atoms in total. The summed E-state index contributed by atoms with van der Waals surface area (Å²) in [6.07, 6.45) is 4.53. The van der Waals surface area contributed by atoms with Crippen LogP contribution in [0.25, 0.3) is 0 Å². The Morgan fingerprint density at radius 1 is 1.40 bits per heavy atom. The third-order valence-corrected chi connectivity index (χ3v) is 3.40. The van der Waals surface area contributed by atoms with Crippen LogP contribution in [0.1, 0.15) is 30.0 Å². The molecule has 0 saturated heterocycles. The van der Waals surface area contributed by atoms with E-state index in [-0.39, 0.29) is 0 Å². The van der Waals surface area contributed by atoms with Gasteiger partial charge in [0.1, 0.15) is 8.07 Å². The van der Waals surface area contributed by atoms with Gasteiger partial charge in [-0.05, 0) is 12.8 Å². The second-order valence-corrected chi connectivity index (χ2v) is 10.1. The van der Waals surface area contributed by atoms with E-state index in [1.165, 1.54) is 18.5 Å². The first-order valence-electron chi connectivity index (χ1n) is 5.52. The van der Waals surface area contributed by atoms with E-state index in [1.54, 1.807) is 0 Å². The second-order valence-electron chi connectivity index (χ2n) is 5.34. The lowest BCUT2D eigenvalue weighted by Crippen LogP contribution is -2.16. The summed E-state index contributed by atoms with van der Waals surface area (Å²) in [4.78, 5) is 0. The maximum absolute atomic E-state index is 4.31. The van der Waals surface area contributed by atoms with Crippen molar-refractivity contribution in [2.24, 2.45) is 7.05 Å². The van der Waals surface area contributed by atoms with Gasteiger partial charge >= 0.3 is 0 Å². The van der Waals surface area contributed by atoms with Gasteiger partial charge in [0.15, 0.2) is 0 Å². The van der Waals surface area contributed by atoms with Gasteiger partial charge < -0.3 is 0 Å². The second kappa shape index (κ2) is 3.53. The maximum Gasteiger partial charge on any atom is 0.129 e. The predicted octanol–water partition coefficient (Wildman–Crippen LogP) is 2.53. The first-order valence-corrected chi connectivity index (χ1v) is 9.02. The van der Waals surface area contributed by atoms with Crippen LogP contribution in [0.3, 0.4) is 0 Å². The van der Waals surface area contributed by atoms with Crippen LogP contribution < -0.4 is 0 Å². The number of rotatable bonds is 1. The number of nitrogens with zero attached hydrogens (tertiary/aromatic N) is 2. The number of aryl methyl sites for hydroxylation is 1. The molecule has 0 radical (unpaired) electrons. The van der Waals surface area contributed by atoms with Crippen molar-refractivity contribution in [1.82, 2.24) is 9.78 Å². The molecule has 1 fully saturated rings. The fraction of sp³-hybridized carbons (Fsp3) is 0.583. The smallest absolute Gasteiger partial charge is 0.129 e. The van der Waals surface area contributed by atoms with Crippen molar-refractivity contribution < 1.29 is 0 Å². The number of aromatic nitrogens is 2. The maximum atomic E-state index is 4.31. The molecule has 2 rings (SSSR count). The van der Waals surface area contributed by atoms with E-state index in [4.69, 9.17) is 0 Å². The van der Waals surface area contributed by atoms with Crippen LogP contribution in [-0.2, 0) is 7.05 Å². The normalized spacial score (nSPS) is 16.0. The van der Waals surface area contributed by atoms with Crippen LogP contribution in [0.15, 0.2) is 6.20 Å². The van der Waals surface area contributed by atoms with Gasteiger partial charge in [-0.25, -0.2) is 0 Å². The molecule has 1 aliphatic carbocycles. The number of hydrogen-bond donors (Lipinski definition) is 0. The van der Waals surface area contributed by atoms with Crippen LogP contribution in [0.2, 0.25) is 19.6 Å². The van der Waals surface area contributed by atoms with Crippen molar-refractivity contribution in [3.63, 3.8) is 0 Å². The Bertz CT molecular complexity index is 425. The van der Waals surface area contributed by atoms with Crippen LogP contribution >= 0.6 is 0 Å². The summed E-state index contributed by atoms with van der Waals surface area (Å²) in [6.45, 7) is 6.81. The Hall–Kier alpha value is -1.01. The lowest BCUT2D eigenvalue weighted by molar-refractivity contribution is 0.713. The molecule has 1 heterocycles. The van der Waals surface area contributed by atoms with E-state index < -0.39 is 8.07 Å². The van der Waals surface area contributed by atoms with Crippen molar-refractivity contribution in [3.8, 4) is 11.5 Å². The van der Waals surface area contributed by atoms with Gasteiger partial charge in [-0.3, -0.25) is 4.68 Å². The molecule has 1 aromatic rings. The highest BCUT2D eigenvalue weighted by atomic mass is 28.3. The molecule has 15 heavy (non-hydrogen) atoms. The van der Waals surface area contributed by atoms with Gasteiger partial charge in [0.05, 0.1) is 17.5 Å². The van der Waals surface area contributed by atoms with Crippen molar-refractivity contribution >= 4 is 8.07 Å². The first-order chi connectivity index (χ1) is 6.97. The lowest BCUT2D eigenvalue weighted by Gasteiger charge is -2.03. The Kier molecular flexibility index (Phi) is 2.47. The van der Waals surface area contributed by atoms with Crippen LogP contribution in [0.4, 0.5) is 0 Å². The van der Waals surface area contributed by atoms with Crippen LogP contribution in [0.5, 0.6) is 0 Å². The molecular weight excluding hydrogens is 200 g/mol. The summed E-state index contributed by atoms with van der Waals surface area (Å²) < 4.78 is 1.99. The van der Waals surface area contributed by atoms with E-state index in [9.17, 15) is 0 Å². The zero-order valence-electron chi connectivity index (χ0n) is 9.96. The molecule has 0 N–H and O–H groups in total. The van der Waals surface area contributed by atoms with Gasteiger partial charge in [-0.1, -0.05) is 25.6 Å². The van der Waals surface area contributed by atoms with E-state index in [2.05, 4.69) is 36.2 Å². The summed E-state index contributed by atoms with van der Waals surface area (Å²) in [5.74, 6) is 4.05. The van der Waals surface area contributed by atoms with Crippen molar-refractivity contribution in [2.45, 2.75) is 38.4 Å². The van der Waals surface area contributed by atoms with E-state index in [0.717, 1.165) is 11.5 Å². The quantitative estimate of drug-likeness (QED) is 0.523. The third kappa shape index (κ3) is 2.51. The third-order valence-electron chi connectivity index (χ3n) is 2.52. The average Bonchev–Trinajstić information content (AvgIpc) is 2.87. The molecule has 0 atom stereocenters. The lowest BCUT2D eigenvalue weighted by atomic mass is 10.2. The Morgan fingerprint density at radius 2 is 2.07 bits per heavy atom. The summed E-state index contributed by atoms with van der Waals surface area (Å²) >= 11 is 0. The largest absolute Gasteiger partial charge is 0.271 e. The summed E-state index contributed by atoms with van der Waals surface area (Å²) in [5.41, 5.74) is 5.91. The summed E-state index contributed by atoms with van der Waals surface area (Å²) in [5, 5.41) is 4.31. The molecule has 0 aliphatic heterocycles. The zero-order chi connectivity index (χ0) is 11.1. The molecular formula is C12H18N2Si. The molecule has 0 aromatic carbocycles. The van der Waals surface area contributed by atoms with Crippen LogP contribution in [0, 0.1) is 11.5 Å². The van der Waals surface area contributed by atoms with Gasteiger partial charge in [0.2, 0.25) is 0 Å². The molecule has 1 saturated carbocycles.